The molecule has 4 rings (SSSR count). The Labute approximate surface area is 225 Å². The van der Waals surface area contributed by atoms with Crippen molar-refractivity contribution in [3.05, 3.63) is 130 Å². The molecule has 1 unspecified atom stereocenters. The van der Waals surface area contributed by atoms with Crippen LogP contribution >= 0.6 is 0 Å². The van der Waals surface area contributed by atoms with Gasteiger partial charge in [0, 0.05) is 6.07 Å². The highest BCUT2D eigenvalue weighted by molar-refractivity contribution is 7.91. The Kier molecular flexibility index (Phi) is 8.50. The summed E-state index contributed by atoms with van der Waals surface area (Å²) in [6, 6.07) is 29.8. The molecule has 0 aliphatic heterocycles. The number of nitrogens with zero attached hydrogens (tertiary/aromatic N) is 1. The van der Waals surface area contributed by atoms with Crippen LogP contribution in [0.25, 0.3) is 4.85 Å². The number of hydrogen-bond donors (Lipinski definition) is 0. The van der Waals surface area contributed by atoms with E-state index in [4.69, 9.17) is 16.0 Å². The third-order valence-corrected chi connectivity index (χ3v) is 8.18. The lowest BCUT2D eigenvalue weighted by Crippen LogP contribution is -2.14. The normalized spacial score (nSPS) is 12.1. The van der Waals surface area contributed by atoms with Gasteiger partial charge >= 0.3 is 5.37 Å². The molecule has 0 saturated heterocycles. The van der Waals surface area contributed by atoms with E-state index in [9.17, 15) is 8.42 Å². The smallest absolute Gasteiger partial charge is 0.401 e. The predicted octanol–water partition coefficient (Wildman–Crippen LogP) is 7.71. The molecular formula is C32H32NO4S+. The Morgan fingerprint density at radius 3 is 1.71 bits per heavy atom. The van der Waals surface area contributed by atoms with Crippen molar-refractivity contribution in [1.29, 1.82) is 0 Å². The fourth-order valence-corrected chi connectivity index (χ4v) is 5.60. The molecule has 0 aliphatic carbocycles. The van der Waals surface area contributed by atoms with Gasteiger partial charge in [0.15, 0.2) is 0 Å². The highest BCUT2D eigenvalue weighted by Gasteiger charge is 2.41. The number of hydrogen-bond acceptors (Lipinski definition) is 4. The Bertz CT molecular complexity index is 1510. The summed E-state index contributed by atoms with van der Waals surface area (Å²) in [4.78, 5) is 4.00. The van der Waals surface area contributed by atoms with Crippen molar-refractivity contribution in [2.24, 2.45) is 0 Å². The van der Waals surface area contributed by atoms with Crippen molar-refractivity contribution >= 4 is 9.84 Å². The van der Waals surface area contributed by atoms with Crippen LogP contribution in [0.3, 0.4) is 0 Å². The minimum atomic E-state index is -3.95. The van der Waals surface area contributed by atoms with Crippen molar-refractivity contribution < 1.29 is 17.9 Å². The van der Waals surface area contributed by atoms with E-state index < -0.39 is 15.2 Å². The Morgan fingerprint density at radius 2 is 1.24 bits per heavy atom. The van der Waals surface area contributed by atoms with Gasteiger partial charge in [-0.25, -0.2) is 8.42 Å². The highest BCUT2D eigenvalue weighted by Crippen LogP contribution is 2.42. The van der Waals surface area contributed by atoms with E-state index in [2.05, 4.69) is 4.85 Å². The molecule has 38 heavy (non-hydrogen) atoms. The van der Waals surface area contributed by atoms with E-state index >= 15 is 0 Å². The fourth-order valence-electron chi connectivity index (χ4n) is 4.14. The number of rotatable bonds is 10. The fraction of sp³-hybridized carbons (Fsp3) is 0.219. The molecule has 0 saturated carbocycles. The van der Waals surface area contributed by atoms with E-state index in [-0.39, 0.29) is 17.4 Å². The lowest BCUT2D eigenvalue weighted by atomic mass is 9.98. The molecular weight excluding hydrogens is 494 g/mol. The topological polar surface area (TPSA) is 57.0 Å². The number of sulfone groups is 1. The molecule has 5 nitrogen and oxygen atoms in total. The first-order valence-corrected chi connectivity index (χ1v) is 14.1. The predicted molar refractivity (Wildman–Crippen MR) is 151 cm³/mol. The molecule has 0 bridgehead atoms. The van der Waals surface area contributed by atoms with Crippen molar-refractivity contribution in [1.82, 2.24) is 0 Å². The third kappa shape index (κ3) is 6.24. The molecule has 194 valence electrons. The number of ether oxygens (including phenoxy) is 2. The molecule has 0 aliphatic rings. The molecule has 0 fully saturated rings. The second-order valence-electron chi connectivity index (χ2n) is 9.49. The van der Waals surface area contributed by atoms with Gasteiger partial charge < -0.3 is 9.47 Å². The molecule has 0 N–H and O–H groups in total. The van der Waals surface area contributed by atoms with Crippen LogP contribution in [0.2, 0.25) is 0 Å². The van der Waals surface area contributed by atoms with Gasteiger partial charge in [0.25, 0.3) is 16.4 Å². The summed E-state index contributed by atoms with van der Waals surface area (Å²) in [5, 5.41) is -1.35. The summed E-state index contributed by atoms with van der Waals surface area (Å²) in [7, 11) is -3.95. The summed E-state index contributed by atoms with van der Waals surface area (Å²) < 4.78 is 39.9. The third-order valence-electron chi connectivity index (χ3n) is 6.28. The Hall–Kier alpha value is -4.08. The first-order valence-electron chi connectivity index (χ1n) is 12.5. The van der Waals surface area contributed by atoms with Crippen LogP contribution in [-0.4, -0.2) is 8.42 Å². The summed E-state index contributed by atoms with van der Waals surface area (Å²) >= 11 is 0. The minimum Gasteiger partial charge on any atom is -0.488 e. The van der Waals surface area contributed by atoms with Crippen LogP contribution in [0.4, 0.5) is 0 Å². The molecule has 4 aromatic carbocycles. The molecule has 0 heterocycles. The molecule has 6 heteroatoms. The van der Waals surface area contributed by atoms with E-state index in [1.54, 1.807) is 36.4 Å². The van der Waals surface area contributed by atoms with E-state index in [1.807, 2.05) is 81.4 Å². The van der Waals surface area contributed by atoms with Gasteiger partial charge in [0.05, 0.1) is 10.5 Å². The van der Waals surface area contributed by atoms with Crippen LogP contribution in [0.5, 0.6) is 11.5 Å². The van der Waals surface area contributed by atoms with Crippen molar-refractivity contribution in [2.75, 3.05) is 0 Å². The SMILES string of the molecule is C#[N+]C(c1cc(C(C)C)c(OCc2ccccc2)cc1OCc1ccccc1)S(=O)(=O)c1ccc(C)cc1. The van der Waals surface area contributed by atoms with Crippen LogP contribution in [-0.2, 0) is 23.1 Å². The zero-order valence-electron chi connectivity index (χ0n) is 21.9. The van der Waals surface area contributed by atoms with E-state index in [0.717, 1.165) is 22.3 Å². The Balaban J connectivity index is 1.79. The second kappa shape index (κ2) is 12.0. The quantitative estimate of drug-likeness (QED) is 0.212. The summed E-state index contributed by atoms with van der Waals surface area (Å²) in [5.74, 6) is 1.03. The molecule has 1 atom stereocenters. The van der Waals surface area contributed by atoms with Crippen molar-refractivity contribution in [2.45, 2.75) is 50.2 Å². The standard InChI is InChI=1S/C32H32NO4S/c1-23(2)28-19-29(32(33-4)38(34,35)27-17-15-24(3)16-18-27)31(37-22-26-13-9-6-10-14-26)20-30(28)36-21-25-11-7-5-8-12-25/h4-20,23,32H,21-22H2,1-3H3/q+1. The minimum absolute atomic E-state index is 0.0446. The lowest BCUT2D eigenvalue weighted by molar-refractivity contribution is 0.285. The van der Waals surface area contributed by atoms with E-state index in [1.165, 1.54) is 0 Å². The largest absolute Gasteiger partial charge is 0.488 e. The van der Waals surface area contributed by atoms with Crippen LogP contribution in [0.1, 0.15) is 53.0 Å². The van der Waals surface area contributed by atoms with Crippen LogP contribution in [0, 0.1) is 13.5 Å². The lowest BCUT2D eigenvalue weighted by Gasteiger charge is -2.19. The van der Waals surface area contributed by atoms with Gasteiger partial charge in [0.1, 0.15) is 24.7 Å². The Morgan fingerprint density at radius 1 is 0.737 bits per heavy atom. The molecule has 4 aromatic rings. The van der Waals surface area contributed by atoms with Gasteiger partial charge in [0.2, 0.25) is 0 Å². The van der Waals surface area contributed by atoms with Gasteiger partial charge in [-0.3, -0.25) is 0 Å². The average molecular weight is 527 g/mol. The zero-order chi connectivity index (χ0) is 27.1. The van der Waals surface area contributed by atoms with Crippen molar-refractivity contribution in [3.8, 4) is 18.1 Å². The van der Waals surface area contributed by atoms with Crippen molar-refractivity contribution in [3.63, 3.8) is 0 Å². The maximum absolute atomic E-state index is 13.7. The van der Waals surface area contributed by atoms with Gasteiger partial charge in [-0.1, -0.05) is 97.1 Å². The van der Waals surface area contributed by atoms with Crippen LogP contribution < -0.4 is 9.47 Å². The first kappa shape index (κ1) is 27.0. The van der Waals surface area contributed by atoms with E-state index in [0.29, 0.717) is 23.7 Å². The van der Waals surface area contributed by atoms with Gasteiger partial charge in [-0.2, -0.15) is 0 Å². The monoisotopic (exact) mass is 526 g/mol. The first-order chi connectivity index (χ1) is 18.3. The summed E-state index contributed by atoms with van der Waals surface area (Å²) in [5.41, 5.74) is 4.14. The van der Waals surface area contributed by atoms with Gasteiger partial charge in [-0.05, 0) is 47.7 Å². The zero-order valence-corrected chi connectivity index (χ0v) is 22.7. The highest BCUT2D eigenvalue weighted by atomic mass is 32.2. The molecule has 0 amide bonds. The number of aryl methyl sites for hydroxylation is 1. The maximum Gasteiger partial charge on any atom is 0.401 e. The molecule has 0 aromatic heterocycles. The maximum atomic E-state index is 13.7. The molecule has 0 spiro atoms. The molecule has 0 radical (unpaired) electrons. The number of benzene rings is 4. The second-order valence-corrected chi connectivity index (χ2v) is 11.5. The average Bonchev–Trinajstić information content (AvgIpc) is 2.92. The summed E-state index contributed by atoms with van der Waals surface area (Å²) in [6.07, 6.45) is 0. The summed E-state index contributed by atoms with van der Waals surface area (Å²) in [6.45, 7) is 12.4. The van der Waals surface area contributed by atoms with Gasteiger partial charge in [-0.15, -0.1) is 0 Å². The van der Waals surface area contributed by atoms with Crippen LogP contribution in [0.15, 0.2) is 102 Å².